The van der Waals surface area contributed by atoms with Crippen molar-refractivity contribution in [1.29, 1.82) is 0 Å². The van der Waals surface area contributed by atoms with Crippen molar-refractivity contribution in [2.24, 2.45) is 5.92 Å². The first kappa shape index (κ1) is 17.7. The van der Waals surface area contributed by atoms with Crippen molar-refractivity contribution in [2.45, 2.75) is 20.3 Å². The van der Waals surface area contributed by atoms with Crippen LogP contribution in [0.25, 0.3) is 33.1 Å². The minimum absolute atomic E-state index is 0.665. The molecule has 3 heteroatoms. The van der Waals surface area contributed by atoms with E-state index < -0.39 is 0 Å². The van der Waals surface area contributed by atoms with Gasteiger partial charge in [-0.2, -0.15) is 0 Å². The van der Waals surface area contributed by atoms with Crippen molar-refractivity contribution in [2.75, 3.05) is 6.61 Å². The van der Waals surface area contributed by atoms with Gasteiger partial charge in [-0.1, -0.05) is 62.4 Å². The van der Waals surface area contributed by atoms with Gasteiger partial charge >= 0.3 is 0 Å². The molecule has 4 rings (SSSR count). The topological polar surface area (TPSA) is 22.1 Å². The maximum Gasteiger partial charge on any atom is 0.119 e. The number of nitrogens with zero attached hydrogens (tertiary/aromatic N) is 1. The number of thiazole rings is 1. The van der Waals surface area contributed by atoms with Crippen LogP contribution in [0.15, 0.2) is 60.7 Å². The molecule has 0 fully saturated rings. The third-order valence-electron chi connectivity index (χ3n) is 4.56. The Hall–Kier alpha value is -2.65. The molecule has 0 bridgehead atoms. The van der Waals surface area contributed by atoms with Crippen molar-refractivity contribution in [3.8, 4) is 5.75 Å². The van der Waals surface area contributed by atoms with E-state index in [-0.39, 0.29) is 0 Å². The second-order valence-electron chi connectivity index (χ2n) is 7.12. The first-order valence-corrected chi connectivity index (χ1v) is 10.2. The molecule has 0 aliphatic heterocycles. The van der Waals surface area contributed by atoms with E-state index in [0.717, 1.165) is 34.9 Å². The van der Waals surface area contributed by atoms with Crippen LogP contribution in [0, 0.1) is 5.92 Å². The van der Waals surface area contributed by atoms with Gasteiger partial charge in [0, 0.05) is 5.39 Å². The predicted octanol–water partition coefficient (Wildman–Crippen LogP) is 7.04. The molecule has 0 aliphatic rings. The first-order chi connectivity index (χ1) is 13.2. The summed E-state index contributed by atoms with van der Waals surface area (Å²) in [5.41, 5.74) is 2.24. The Morgan fingerprint density at radius 3 is 2.59 bits per heavy atom. The summed E-state index contributed by atoms with van der Waals surface area (Å²) in [6, 6.07) is 21.0. The summed E-state index contributed by atoms with van der Waals surface area (Å²) >= 11 is 1.73. The number of aromatic nitrogens is 1. The molecule has 1 heterocycles. The second kappa shape index (κ2) is 7.93. The molecule has 27 heavy (non-hydrogen) atoms. The average Bonchev–Trinajstić information content (AvgIpc) is 3.11. The van der Waals surface area contributed by atoms with E-state index in [0.29, 0.717) is 5.92 Å². The normalized spacial score (nSPS) is 11.8. The lowest BCUT2D eigenvalue weighted by Gasteiger charge is -2.07. The molecule has 136 valence electrons. The van der Waals surface area contributed by atoms with E-state index in [2.05, 4.69) is 74.5 Å². The standard InChI is InChI=1S/C24H23NOS/c1-17(2)15-16-26-20-11-7-18(8-12-20)9-14-23-25-24-21-6-4-3-5-19(21)10-13-22(24)27-23/h3-14,17H,15-16H2,1-2H3. The molecule has 0 atom stereocenters. The van der Waals surface area contributed by atoms with Gasteiger partial charge in [0.15, 0.2) is 0 Å². The Morgan fingerprint density at radius 2 is 1.78 bits per heavy atom. The number of hydrogen-bond acceptors (Lipinski definition) is 3. The summed E-state index contributed by atoms with van der Waals surface area (Å²) in [5, 5.41) is 3.48. The van der Waals surface area contributed by atoms with E-state index in [1.165, 1.54) is 15.5 Å². The third-order valence-corrected chi connectivity index (χ3v) is 5.55. The highest BCUT2D eigenvalue weighted by atomic mass is 32.1. The summed E-state index contributed by atoms with van der Waals surface area (Å²) in [5.74, 6) is 1.59. The van der Waals surface area contributed by atoms with Crippen LogP contribution < -0.4 is 4.74 Å². The molecule has 0 unspecified atom stereocenters. The zero-order valence-corrected chi connectivity index (χ0v) is 16.5. The van der Waals surface area contributed by atoms with Crippen LogP contribution in [0.3, 0.4) is 0 Å². The molecule has 0 amide bonds. The molecule has 0 N–H and O–H groups in total. The van der Waals surface area contributed by atoms with Crippen LogP contribution in [-0.2, 0) is 0 Å². The van der Waals surface area contributed by atoms with Gasteiger partial charge in [-0.05, 0) is 47.6 Å². The smallest absolute Gasteiger partial charge is 0.119 e. The third kappa shape index (κ3) is 4.20. The fourth-order valence-electron chi connectivity index (χ4n) is 3.00. The van der Waals surface area contributed by atoms with Gasteiger partial charge in [-0.3, -0.25) is 0 Å². The van der Waals surface area contributed by atoms with Crippen LogP contribution in [0.2, 0.25) is 0 Å². The quantitative estimate of drug-likeness (QED) is 0.361. The molecular formula is C24H23NOS. The number of rotatable bonds is 6. The maximum atomic E-state index is 5.78. The summed E-state index contributed by atoms with van der Waals surface area (Å²) in [7, 11) is 0. The Morgan fingerprint density at radius 1 is 0.963 bits per heavy atom. The Kier molecular flexibility index (Phi) is 5.21. The van der Waals surface area contributed by atoms with E-state index in [4.69, 9.17) is 9.72 Å². The van der Waals surface area contributed by atoms with E-state index in [9.17, 15) is 0 Å². The lowest BCUT2D eigenvalue weighted by Crippen LogP contribution is -2.01. The molecule has 0 aliphatic carbocycles. The number of ether oxygens (including phenoxy) is 1. The minimum atomic E-state index is 0.665. The van der Waals surface area contributed by atoms with Gasteiger partial charge in [-0.25, -0.2) is 4.98 Å². The highest BCUT2D eigenvalue weighted by Crippen LogP contribution is 2.30. The monoisotopic (exact) mass is 373 g/mol. The van der Waals surface area contributed by atoms with Crippen LogP contribution in [0.5, 0.6) is 5.75 Å². The van der Waals surface area contributed by atoms with Gasteiger partial charge in [0.05, 0.1) is 16.8 Å². The van der Waals surface area contributed by atoms with E-state index in [1.807, 2.05) is 12.1 Å². The fourth-order valence-corrected chi connectivity index (χ4v) is 3.89. The van der Waals surface area contributed by atoms with Gasteiger partial charge in [-0.15, -0.1) is 11.3 Å². The van der Waals surface area contributed by atoms with Gasteiger partial charge in [0.1, 0.15) is 10.8 Å². The molecule has 3 aromatic carbocycles. The van der Waals surface area contributed by atoms with Crippen molar-refractivity contribution in [3.05, 3.63) is 71.2 Å². The van der Waals surface area contributed by atoms with Crippen molar-refractivity contribution in [3.63, 3.8) is 0 Å². The molecule has 0 saturated carbocycles. The summed E-state index contributed by atoms with van der Waals surface area (Å²) in [6.07, 6.45) is 5.28. The highest BCUT2D eigenvalue weighted by molar-refractivity contribution is 7.19. The SMILES string of the molecule is CC(C)CCOc1ccc(C=Cc2nc3c(ccc4ccccc43)s2)cc1. The van der Waals surface area contributed by atoms with Crippen LogP contribution in [0.1, 0.15) is 30.8 Å². The first-order valence-electron chi connectivity index (χ1n) is 9.38. The predicted molar refractivity (Wildman–Crippen MR) is 117 cm³/mol. The number of hydrogen-bond donors (Lipinski definition) is 0. The van der Waals surface area contributed by atoms with Crippen LogP contribution in [0.4, 0.5) is 0 Å². The molecule has 4 aromatic rings. The average molecular weight is 374 g/mol. The highest BCUT2D eigenvalue weighted by Gasteiger charge is 2.05. The molecule has 0 spiro atoms. The Labute approximate surface area is 164 Å². The zero-order valence-electron chi connectivity index (χ0n) is 15.7. The fraction of sp³-hybridized carbons (Fsp3) is 0.208. The van der Waals surface area contributed by atoms with Gasteiger partial charge in [0.25, 0.3) is 0 Å². The Balaban J connectivity index is 1.50. The Bertz CT molecular complexity index is 1080. The van der Waals surface area contributed by atoms with Gasteiger partial charge < -0.3 is 4.74 Å². The molecular weight excluding hydrogens is 350 g/mol. The molecule has 0 radical (unpaired) electrons. The molecule has 1 aromatic heterocycles. The van der Waals surface area contributed by atoms with E-state index >= 15 is 0 Å². The number of fused-ring (bicyclic) bond motifs is 3. The minimum Gasteiger partial charge on any atom is -0.494 e. The van der Waals surface area contributed by atoms with Gasteiger partial charge in [0.2, 0.25) is 0 Å². The summed E-state index contributed by atoms with van der Waals surface area (Å²) < 4.78 is 7.01. The van der Waals surface area contributed by atoms with Crippen molar-refractivity contribution < 1.29 is 4.74 Å². The summed E-state index contributed by atoms with van der Waals surface area (Å²) in [6.45, 7) is 5.19. The van der Waals surface area contributed by atoms with Crippen LogP contribution in [-0.4, -0.2) is 11.6 Å². The summed E-state index contributed by atoms with van der Waals surface area (Å²) in [4.78, 5) is 4.84. The maximum absolute atomic E-state index is 5.78. The lowest BCUT2D eigenvalue weighted by atomic mass is 10.1. The van der Waals surface area contributed by atoms with Crippen molar-refractivity contribution in [1.82, 2.24) is 4.98 Å². The molecule has 2 nitrogen and oxygen atoms in total. The number of benzene rings is 3. The van der Waals surface area contributed by atoms with Crippen molar-refractivity contribution >= 4 is 44.5 Å². The largest absolute Gasteiger partial charge is 0.494 e. The zero-order chi connectivity index (χ0) is 18.6. The van der Waals surface area contributed by atoms with Crippen LogP contribution >= 0.6 is 11.3 Å². The molecule has 0 saturated heterocycles. The lowest BCUT2D eigenvalue weighted by molar-refractivity contribution is 0.289. The van der Waals surface area contributed by atoms with E-state index in [1.54, 1.807) is 11.3 Å². The second-order valence-corrected chi connectivity index (χ2v) is 8.18.